The highest BCUT2D eigenvalue weighted by molar-refractivity contribution is 6.31. The van der Waals surface area contributed by atoms with Gasteiger partial charge in [-0.05, 0) is 25.2 Å². The molecule has 4 nitrogen and oxygen atoms in total. The van der Waals surface area contributed by atoms with Crippen molar-refractivity contribution in [3.8, 4) is 0 Å². The first kappa shape index (κ1) is 13.8. The van der Waals surface area contributed by atoms with Gasteiger partial charge >= 0.3 is 0 Å². The smallest absolute Gasteiger partial charge is 0.0849 e. The third-order valence-corrected chi connectivity index (χ3v) is 4.62. The molecule has 1 aromatic rings. The molecule has 0 bridgehead atoms. The molecule has 1 aromatic heterocycles. The summed E-state index contributed by atoms with van der Waals surface area (Å²) in [7, 11) is 1.91. The van der Waals surface area contributed by atoms with Crippen molar-refractivity contribution in [2.24, 2.45) is 24.1 Å². The van der Waals surface area contributed by atoms with E-state index in [1.807, 2.05) is 18.7 Å². The van der Waals surface area contributed by atoms with E-state index in [1.165, 1.54) is 0 Å². The number of hydrogen-bond donors (Lipinski definition) is 2. The molecule has 0 aromatic carbocycles. The van der Waals surface area contributed by atoms with E-state index in [0.29, 0.717) is 18.9 Å². The lowest BCUT2D eigenvalue weighted by Crippen LogP contribution is -2.39. The van der Waals surface area contributed by atoms with Crippen LogP contribution in [0.15, 0.2) is 0 Å². The average Bonchev–Trinajstić information content (AvgIpc) is 3.18. The van der Waals surface area contributed by atoms with Gasteiger partial charge in [0.05, 0.1) is 23.0 Å². The molecule has 0 spiro atoms. The van der Waals surface area contributed by atoms with E-state index in [-0.39, 0.29) is 12.0 Å². The minimum absolute atomic E-state index is 0.122. The first-order valence-corrected chi connectivity index (χ1v) is 6.97. The molecule has 1 fully saturated rings. The van der Waals surface area contributed by atoms with Crippen LogP contribution in [-0.4, -0.2) is 28.0 Å². The molecule has 5 heteroatoms. The minimum Gasteiger partial charge on any atom is -0.396 e. The summed E-state index contributed by atoms with van der Waals surface area (Å²) in [5, 5.41) is 14.9. The van der Waals surface area contributed by atoms with Gasteiger partial charge < -0.3 is 10.8 Å². The van der Waals surface area contributed by atoms with Crippen LogP contribution in [-0.2, 0) is 19.9 Å². The van der Waals surface area contributed by atoms with E-state index >= 15 is 0 Å². The molecule has 1 unspecified atom stereocenters. The molecule has 1 aliphatic carbocycles. The second kappa shape index (κ2) is 5.19. The second-order valence-corrected chi connectivity index (χ2v) is 5.74. The second-order valence-electron chi connectivity index (χ2n) is 5.36. The van der Waals surface area contributed by atoms with Crippen molar-refractivity contribution >= 4 is 11.6 Å². The van der Waals surface area contributed by atoms with Crippen LogP contribution in [0.25, 0.3) is 0 Å². The predicted molar refractivity (Wildman–Crippen MR) is 72.6 cm³/mol. The molecule has 18 heavy (non-hydrogen) atoms. The maximum absolute atomic E-state index is 9.74. The molecule has 3 N–H and O–H groups in total. The Morgan fingerprint density at radius 1 is 1.56 bits per heavy atom. The maximum Gasteiger partial charge on any atom is 0.0849 e. The summed E-state index contributed by atoms with van der Waals surface area (Å²) in [6, 6.07) is 0. The van der Waals surface area contributed by atoms with E-state index in [2.05, 4.69) is 5.10 Å². The highest BCUT2D eigenvalue weighted by Crippen LogP contribution is 2.47. The van der Waals surface area contributed by atoms with Gasteiger partial charge in [-0.15, -0.1) is 0 Å². The van der Waals surface area contributed by atoms with Crippen LogP contribution in [0.4, 0.5) is 0 Å². The number of nitrogens with two attached hydrogens (primary N) is 1. The van der Waals surface area contributed by atoms with Gasteiger partial charge in [-0.2, -0.15) is 5.10 Å². The summed E-state index contributed by atoms with van der Waals surface area (Å²) >= 11 is 6.37. The molecule has 0 amide bonds. The molecule has 102 valence electrons. The van der Waals surface area contributed by atoms with Gasteiger partial charge in [0.2, 0.25) is 0 Å². The van der Waals surface area contributed by atoms with Gasteiger partial charge in [-0.1, -0.05) is 18.5 Å². The quantitative estimate of drug-likeness (QED) is 0.825. The van der Waals surface area contributed by atoms with Crippen molar-refractivity contribution in [3.05, 3.63) is 16.4 Å². The summed E-state index contributed by atoms with van der Waals surface area (Å²) < 4.78 is 1.84. The molecule has 1 heterocycles. The van der Waals surface area contributed by atoms with E-state index in [4.69, 9.17) is 17.3 Å². The van der Waals surface area contributed by atoms with Crippen molar-refractivity contribution in [3.63, 3.8) is 0 Å². The zero-order chi connectivity index (χ0) is 13.3. The van der Waals surface area contributed by atoms with Gasteiger partial charge in [0.15, 0.2) is 0 Å². The molecule has 1 saturated carbocycles. The normalized spacial score (nSPS) is 18.9. The van der Waals surface area contributed by atoms with Gasteiger partial charge in [0.1, 0.15) is 0 Å². The number of hydrogen-bond acceptors (Lipinski definition) is 3. The molecule has 0 aliphatic heterocycles. The summed E-state index contributed by atoms with van der Waals surface area (Å²) in [6.07, 6.45) is 3.86. The third kappa shape index (κ3) is 2.29. The Hall–Kier alpha value is -0.580. The lowest BCUT2D eigenvalue weighted by Gasteiger charge is -2.30. The molecule has 1 aliphatic rings. The van der Waals surface area contributed by atoms with Gasteiger partial charge in [0, 0.05) is 25.4 Å². The maximum atomic E-state index is 9.74. The Balaban J connectivity index is 2.29. The van der Waals surface area contributed by atoms with Gasteiger partial charge in [-0.3, -0.25) is 4.68 Å². The molecule has 1 atom stereocenters. The summed E-state index contributed by atoms with van der Waals surface area (Å²) in [5.41, 5.74) is 7.62. The lowest BCUT2D eigenvalue weighted by atomic mass is 9.79. The standard InChI is InChI=1S/C13H22ClN3O/c1-3-10-12(14)11(17(2)16-10)6-13(7-15,8-18)9-4-5-9/h9,18H,3-8,15H2,1-2H3. The highest BCUT2D eigenvalue weighted by Gasteiger charge is 2.44. The van der Waals surface area contributed by atoms with Gasteiger partial charge in [-0.25, -0.2) is 0 Å². The first-order chi connectivity index (χ1) is 8.57. The van der Waals surface area contributed by atoms with Crippen molar-refractivity contribution in [2.75, 3.05) is 13.2 Å². The minimum atomic E-state index is -0.220. The van der Waals surface area contributed by atoms with E-state index < -0.39 is 0 Å². The summed E-state index contributed by atoms with van der Waals surface area (Å²) in [5.74, 6) is 0.531. The lowest BCUT2D eigenvalue weighted by molar-refractivity contribution is 0.107. The number of aliphatic hydroxyl groups excluding tert-OH is 1. The Morgan fingerprint density at radius 2 is 2.22 bits per heavy atom. The van der Waals surface area contributed by atoms with Crippen LogP contribution < -0.4 is 5.73 Å². The number of aromatic nitrogens is 2. The molecule has 2 rings (SSSR count). The SMILES string of the molecule is CCc1nn(C)c(CC(CN)(CO)C2CC2)c1Cl. The monoisotopic (exact) mass is 271 g/mol. The highest BCUT2D eigenvalue weighted by atomic mass is 35.5. The zero-order valence-electron chi connectivity index (χ0n) is 11.1. The van der Waals surface area contributed by atoms with Crippen molar-refractivity contribution in [1.82, 2.24) is 9.78 Å². The Kier molecular flexibility index (Phi) is 3.99. The van der Waals surface area contributed by atoms with Crippen LogP contribution in [0.5, 0.6) is 0 Å². The van der Waals surface area contributed by atoms with Crippen LogP contribution in [0.3, 0.4) is 0 Å². The average molecular weight is 272 g/mol. The third-order valence-electron chi connectivity index (χ3n) is 4.19. The number of aliphatic hydroxyl groups is 1. The molecular weight excluding hydrogens is 250 g/mol. The van der Waals surface area contributed by atoms with Crippen molar-refractivity contribution in [2.45, 2.75) is 32.6 Å². The number of aryl methyl sites for hydroxylation is 2. The fourth-order valence-corrected chi connectivity index (χ4v) is 3.03. The predicted octanol–water partition coefficient (Wildman–Crippen LogP) is 1.53. The van der Waals surface area contributed by atoms with Gasteiger partial charge in [0.25, 0.3) is 0 Å². The van der Waals surface area contributed by atoms with Crippen LogP contribution >= 0.6 is 11.6 Å². The fourth-order valence-electron chi connectivity index (χ4n) is 2.67. The van der Waals surface area contributed by atoms with E-state index in [0.717, 1.165) is 35.7 Å². The fraction of sp³-hybridized carbons (Fsp3) is 0.769. The Labute approximate surface area is 113 Å². The van der Waals surface area contributed by atoms with Crippen molar-refractivity contribution in [1.29, 1.82) is 0 Å². The first-order valence-electron chi connectivity index (χ1n) is 6.59. The number of rotatable bonds is 6. The number of nitrogens with zero attached hydrogens (tertiary/aromatic N) is 2. The van der Waals surface area contributed by atoms with Crippen LogP contribution in [0.1, 0.15) is 31.2 Å². The molecular formula is C13H22ClN3O. The largest absolute Gasteiger partial charge is 0.396 e. The van der Waals surface area contributed by atoms with Crippen LogP contribution in [0, 0.1) is 11.3 Å². The topological polar surface area (TPSA) is 64.1 Å². The Morgan fingerprint density at radius 3 is 2.61 bits per heavy atom. The summed E-state index contributed by atoms with van der Waals surface area (Å²) in [4.78, 5) is 0. The van der Waals surface area contributed by atoms with Crippen molar-refractivity contribution < 1.29 is 5.11 Å². The molecule has 0 saturated heterocycles. The van der Waals surface area contributed by atoms with E-state index in [9.17, 15) is 5.11 Å². The summed E-state index contributed by atoms with van der Waals surface area (Å²) in [6.45, 7) is 2.66. The number of halogens is 1. The Bertz CT molecular complexity index is 422. The van der Waals surface area contributed by atoms with E-state index in [1.54, 1.807) is 0 Å². The van der Waals surface area contributed by atoms with Crippen LogP contribution in [0.2, 0.25) is 5.02 Å². The zero-order valence-corrected chi connectivity index (χ0v) is 11.9. The molecule has 0 radical (unpaired) electrons.